The topological polar surface area (TPSA) is 32.3 Å². The Kier molecular flexibility index (Phi) is 4.92. The number of aryl methyl sites for hydroxylation is 2. The van der Waals surface area contributed by atoms with Gasteiger partial charge in [0.05, 0.1) is 10.0 Å². The molecule has 0 N–H and O–H groups in total. The Labute approximate surface area is 140 Å². The van der Waals surface area contributed by atoms with E-state index in [0.29, 0.717) is 12.1 Å². The molecule has 1 fully saturated rings. The zero-order valence-corrected chi connectivity index (χ0v) is 15.4. The van der Waals surface area contributed by atoms with Gasteiger partial charge in [-0.25, -0.2) is 9.97 Å². The van der Waals surface area contributed by atoms with Crippen molar-refractivity contribution >= 4 is 22.7 Å². The van der Waals surface area contributed by atoms with Crippen molar-refractivity contribution < 1.29 is 0 Å². The van der Waals surface area contributed by atoms with Crippen LogP contribution < -0.4 is 0 Å². The number of rotatable bonds is 4. The predicted molar refractivity (Wildman–Crippen MR) is 93.4 cm³/mol. The van der Waals surface area contributed by atoms with Crippen LogP contribution in [-0.2, 0) is 13.1 Å². The normalized spacial score (nSPS) is 24.0. The predicted octanol–water partition coefficient (Wildman–Crippen LogP) is 3.31. The molecule has 0 radical (unpaired) electrons. The van der Waals surface area contributed by atoms with Crippen LogP contribution in [0.4, 0.5) is 0 Å². The molecule has 0 amide bonds. The van der Waals surface area contributed by atoms with E-state index in [4.69, 9.17) is 0 Å². The number of hydrogen-bond acceptors (Lipinski definition) is 6. The molecule has 1 aliphatic rings. The van der Waals surface area contributed by atoms with Crippen LogP contribution in [0.2, 0.25) is 0 Å². The molecule has 2 aromatic rings. The summed E-state index contributed by atoms with van der Waals surface area (Å²) in [5, 5.41) is 2.32. The first kappa shape index (κ1) is 16.1. The van der Waals surface area contributed by atoms with Crippen molar-refractivity contribution in [3.05, 3.63) is 32.2 Å². The van der Waals surface area contributed by atoms with Gasteiger partial charge in [0.2, 0.25) is 0 Å². The Morgan fingerprint density at radius 3 is 1.91 bits per heavy atom. The molecule has 0 saturated carbocycles. The van der Waals surface area contributed by atoms with Crippen LogP contribution in [0.15, 0.2) is 12.4 Å². The average Bonchev–Trinajstić information content (AvgIpc) is 3.03. The highest BCUT2D eigenvalue weighted by Gasteiger charge is 2.29. The van der Waals surface area contributed by atoms with Gasteiger partial charge in [-0.05, 0) is 27.7 Å². The first-order chi connectivity index (χ1) is 10.5. The minimum Gasteiger partial charge on any atom is -0.295 e. The van der Waals surface area contributed by atoms with Crippen LogP contribution in [0.5, 0.6) is 0 Å². The zero-order chi connectivity index (χ0) is 15.7. The Morgan fingerprint density at radius 1 is 0.955 bits per heavy atom. The molecule has 3 heterocycles. The van der Waals surface area contributed by atoms with Gasteiger partial charge in [-0.2, -0.15) is 0 Å². The fourth-order valence-electron chi connectivity index (χ4n) is 3.26. The second-order valence-corrected chi connectivity index (χ2v) is 8.89. The summed E-state index contributed by atoms with van der Waals surface area (Å²) in [4.78, 5) is 16.7. The average molecular weight is 337 g/mol. The smallest absolute Gasteiger partial charge is 0.0897 e. The minimum absolute atomic E-state index is 0.570. The Bertz CT molecular complexity index is 609. The van der Waals surface area contributed by atoms with Crippen molar-refractivity contribution in [2.45, 2.75) is 52.9 Å². The van der Waals surface area contributed by atoms with Gasteiger partial charge in [-0.15, -0.1) is 22.7 Å². The highest BCUT2D eigenvalue weighted by atomic mass is 32.1. The van der Waals surface area contributed by atoms with Crippen molar-refractivity contribution in [1.82, 2.24) is 19.8 Å². The van der Waals surface area contributed by atoms with E-state index in [0.717, 1.165) is 36.2 Å². The van der Waals surface area contributed by atoms with Crippen LogP contribution in [0.25, 0.3) is 0 Å². The van der Waals surface area contributed by atoms with Crippen LogP contribution in [-0.4, -0.2) is 44.9 Å². The Hall–Kier alpha value is -0.820. The second kappa shape index (κ2) is 6.74. The molecule has 0 spiro atoms. The third-order valence-corrected chi connectivity index (χ3v) is 6.03. The molecule has 1 saturated heterocycles. The summed E-state index contributed by atoms with van der Waals surface area (Å²) < 4.78 is 0. The third kappa shape index (κ3) is 3.74. The molecule has 0 aromatic carbocycles. The summed E-state index contributed by atoms with van der Waals surface area (Å²) in [6, 6.07) is 1.14. The molecular weight excluding hydrogens is 312 g/mol. The minimum atomic E-state index is 0.570. The van der Waals surface area contributed by atoms with Gasteiger partial charge in [0, 0.05) is 60.4 Å². The lowest BCUT2D eigenvalue weighted by Crippen LogP contribution is -2.55. The van der Waals surface area contributed by atoms with Gasteiger partial charge in [-0.3, -0.25) is 9.80 Å². The molecule has 22 heavy (non-hydrogen) atoms. The van der Waals surface area contributed by atoms with Crippen LogP contribution in [0, 0.1) is 13.8 Å². The van der Waals surface area contributed by atoms with Gasteiger partial charge in [0.1, 0.15) is 0 Å². The van der Waals surface area contributed by atoms with Crippen molar-refractivity contribution in [3.8, 4) is 0 Å². The number of piperazine rings is 1. The lowest BCUT2D eigenvalue weighted by molar-refractivity contribution is 0.0301. The maximum absolute atomic E-state index is 4.38. The number of nitrogens with zero attached hydrogens (tertiary/aromatic N) is 4. The lowest BCUT2D eigenvalue weighted by atomic mass is 10.1. The van der Waals surface area contributed by atoms with E-state index in [1.165, 1.54) is 9.75 Å². The first-order valence-electron chi connectivity index (χ1n) is 7.82. The largest absolute Gasteiger partial charge is 0.295 e. The van der Waals surface area contributed by atoms with Crippen molar-refractivity contribution in [2.75, 3.05) is 13.1 Å². The fraction of sp³-hybridized carbons (Fsp3) is 0.625. The van der Waals surface area contributed by atoms with Crippen molar-refractivity contribution in [3.63, 3.8) is 0 Å². The van der Waals surface area contributed by atoms with Gasteiger partial charge >= 0.3 is 0 Å². The van der Waals surface area contributed by atoms with Gasteiger partial charge in [0.25, 0.3) is 0 Å². The molecule has 0 bridgehead atoms. The zero-order valence-electron chi connectivity index (χ0n) is 13.7. The SMILES string of the molecule is Cc1ncc(CN2C[C@H](C)N(Cc3cnc(C)s3)[C@@H](C)C2)s1. The number of aromatic nitrogens is 2. The maximum atomic E-state index is 4.38. The van der Waals surface area contributed by atoms with E-state index in [2.05, 4.69) is 47.5 Å². The summed E-state index contributed by atoms with van der Waals surface area (Å²) in [6.45, 7) is 13.2. The Balaban J connectivity index is 1.61. The lowest BCUT2D eigenvalue weighted by Gasteiger charge is -2.44. The van der Waals surface area contributed by atoms with Crippen molar-refractivity contribution in [1.29, 1.82) is 0 Å². The molecular formula is C16H24N4S2. The molecule has 1 aliphatic heterocycles. The summed E-state index contributed by atoms with van der Waals surface area (Å²) in [7, 11) is 0. The highest BCUT2D eigenvalue weighted by molar-refractivity contribution is 7.11. The third-order valence-electron chi connectivity index (χ3n) is 4.23. The first-order valence-corrected chi connectivity index (χ1v) is 9.45. The molecule has 4 nitrogen and oxygen atoms in total. The molecule has 6 heteroatoms. The quantitative estimate of drug-likeness (QED) is 0.857. The van der Waals surface area contributed by atoms with E-state index in [9.17, 15) is 0 Å². The standard InChI is InChI=1S/C16H24N4S2/c1-11-7-19(9-15-5-17-13(3)21-15)8-12(2)20(11)10-16-6-18-14(4)22-16/h5-6,11-12H,7-10H2,1-4H3/t11-,12-/m0/s1. The molecule has 0 unspecified atom stereocenters. The molecule has 2 aromatic heterocycles. The van der Waals surface area contributed by atoms with Crippen LogP contribution >= 0.6 is 22.7 Å². The summed E-state index contributed by atoms with van der Waals surface area (Å²) >= 11 is 3.64. The molecule has 120 valence electrons. The van der Waals surface area contributed by atoms with Gasteiger partial charge in [-0.1, -0.05) is 0 Å². The van der Waals surface area contributed by atoms with Crippen molar-refractivity contribution in [2.24, 2.45) is 0 Å². The summed E-state index contributed by atoms with van der Waals surface area (Å²) in [5.74, 6) is 0. The monoisotopic (exact) mass is 336 g/mol. The van der Waals surface area contributed by atoms with E-state index < -0.39 is 0 Å². The van der Waals surface area contributed by atoms with E-state index in [1.54, 1.807) is 0 Å². The van der Waals surface area contributed by atoms with Crippen LogP contribution in [0.1, 0.15) is 33.6 Å². The number of thiazole rings is 2. The Morgan fingerprint density at radius 2 is 1.45 bits per heavy atom. The van der Waals surface area contributed by atoms with E-state index in [-0.39, 0.29) is 0 Å². The fourth-order valence-corrected chi connectivity index (χ4v) is 4.91. The van der Waals surface area contributed by atoms with Gasteiger partial charge < -0.3 is 0 Å². The summed E-state index contributed by atoms with van der Waals surface area (Å²) in [6.07, 6.45) is 4.06. The molecule has 2 atom stereocenters. The van der Waals surface area contributed by atoms with Gasteiger partial charge in [0.15, 0.2) is 0 Å². The van der Waals surface area contributed by atoms with Crippen LogP contribution in [0.3, 0.4) is 0 Å². The van der Waals surface area contributed by atoms with E-state index in [1.807, 2.05) is 35.1 Å². The highest BCUT2D eigenvalue weighted by Crippen LogP contribution is 2.23. The molecule has 0 aliphatic carbocycles. The number of hydrogen-bond donors (Lipinski definition) is 0. The maximum Gasteiger partial charge on any atom is 0.0897 e. The second-order valence-electron chi connectivity index (χ2n) is 6.26. The van der Waals surface area contributed by atoms with E-state index >= 15 is 0 Å². The molecule has 3 rings (SSSR count). The summed E-state index contributed by atoms with van der Waals surface area (Å²) in [5.41, 5.74) is 0.